The van der Waals surface area contributed by atoms with Crippen LogP contribution in [0, 0.1) is 5.41 Å². The van der Waals surface area contributed by atoms with Crippen LogP contribution in [0.1, 0.15) is 32.8 Å². The van der Waals surface area contributed by atoms with E-state index in [4.69, 9.17) is 5.73 Å². The fraction of sp³-hybridized carbons (Fsp3) is 0.583. The lowest BCUT2D eigenvalue weighted by Gasteiger charge is -2.26. The van der Waals surface area contributed by atoms with Gasteiger partial charge in [0.1, 0.15) is 5.82 Å². The second-order valence-electron chi connectivity index (χ2n) is 4.98. The van der Waals surface area contributed by atoms with Crippen molar-refractivity contribution in [2.24, 2.45) is 5.41 Å². The van der Waals surface area contributed by atoms with Crippen LogP contribution in [-0.2, 0) is 6.42 Å². The summed E-state index contributed by atoms with van der Waals surface area (Å²) in [4.78, 5) is 3.96. The maximum atomic E-state index is 9.38. The van der Waals surface area contributed by atoms with Crippen LogP contribution < -0.4 is 5.73 Å². The number of pyridine rings is 1. The first-order valence-corrected chi connectivity index (χ1v) is 5.27. The molecule has 1 atom stereocenters. The second kappa shape index (κ2) is 4.62. The van der Waals surface area contributed by atoms with Crippen molar-refractivity contribution in [3.05, 3.63) is 23.9 Å². The fourth-order valence-electron chi connectivity index (χ4n) is 2.03. The third-order valence-electron chi connectivity index (χ3n) is 2.38. The van der Waals surface area contributed by atoms with E-state index < -0.39 is 0 Å². The minimum absolute atomic E-state index is 0.0853. The molecule has 3 heteroatoms. The molecule has 0 radical (unpaired) electrons. The lowest BCUT2D eigenvalue weighted by atomic mass is 9.81. The third-order valence-corrected chi connectivity index (χ3v) is 2.38. The predicted octanol–water partition coefficient (Wildman–Crippen LogP) is 2.00. The van der Waals surface area contributed by atoms with Crippen LogP contribution in [0.2, 0.25) is 0 Å². The monoisotopic (exact) mass is 208 g/mol. The second-order valence-corrected chi connectivity index (χ2v) is 4.98. The van der Waals surface area contributed by atoms with Gasteiger partial charge in [0.05, 0.1) is 6.10 Å². The van der Waals surface area contributed by atoms with E-state index in [0.29, 0.717) is 5.82 Å². The zero-order chi connectivity index (χ0) is 11.5. The van der Waals surface area contributed by atoms with Crippen LogP contribution in [0.3, 0.4) is 0 Å². The number of aliphatic hydroxyl groups excluding tert-OH is 1. The molecule has 0 amide bonds. The van der Waals surface area contributed by atoms with Crippen LogP contribution in [0.4, 0.5) is 5.82 Å². The summed E-state index contributed by atoms with van der Waals surface area (Å²) in [5.74, 6) is 0.556. The number of hydrogen-bond donors (Lipinski definition) is 2. The van der Waals surface area contributed by atoms with E-state index in [1.54, 1.807) is 6.20 Å². The molecule has 0 spiro atoms. The Bertz CT molecular complexity index is 321. The van der Waals surface area contributed by atoms with Crippen molar-refractivity contribution >= 4 is 5.82 Å². The summed E-state index contributed by atoms with van der Waals surface area (Å²) in [6, 6.07) is 3.87. The van der Waals surface area contributed by atoms with Gasteiger partial charge >= 0.3 is 0 Å². The molecule has 1 rings (SSSR count). The Morgan fingerprint density at radius 1 is 1.53 bits per heavy atom. The highest BCUT2D eigenvalue weighted by Gasteiger charge is 2.20. The topological polar surface area (TPSA) is 59.1 Å². The Morgan fingerprint density at radius 2 is 2.20 bits per heavy atom. The number of anilines is 1. The minimum atomic E-state index is -0.265. The minimum Gasteiger partial charge on any atom is -0.393 e. The Kier molecular flexibility index (Phi) is 3.69. The van der Waals surface area contributed by atoms with Gasteiger partial charge in [-0.05, 0) is 42.9 Å². The Balaban J connectivity index is 2.68. The molecule has 1 aromatic heterocycles. The molecule has 0 aromatic carbocycles. The van der Waals surface area contributed by atoms with Gasteiger partial charge in [0.25, 0.3) is 0 Å². The maximum absolute atomic E-state index is 9.38. The van der Waals surface area contributed by atoms with Gasteiger partial charge in [0, 0.05) is 6.20 Å². The van der Waals surface area contributed by atoms with Gasteiger partial charge in [0.15, 0.2) is 0 Å². The molecule has 0 bridgehead atoms. The van der Waals surface area contributed by atoms with E-state index in [0.717, 1.165) is 12.8 Å². The average Bonchev–Trinajstić information content (AvgIpc) is 1.99. The molecule has 0 fully saturated rings. The lowest BCUT2D eigenvalue weighted by Crippen LogP contribution is -2.21. The molecule has 1 unspecified atom stereocenters. The van der Waals surface area contributed by atoms with Crippen molar-refractivity contribution in [1.29, 1.82) is 0 Å². The van der Waals surface area contributed by atoms with Crippen molar-refractivity contribution in [3.63, 3.8) is 0 Å². The van der Waals surface area contributed by atoms with Crippen molar-refractivity contribution < 1.29 is 5.11 Å². The van der Waals surface area contributed by atoms with Gasteiger partial charge in [-0.25, -0.2) is 4.98 Å². The summed E-state index contributed by atoms with van der Waals surface area (Å²) >= 11 is 0. The lowest BCUT2D eigenvalue weighted by molar-refractivity contribution is 0.129. The van der Waals surface area contributed by atoms with Crippen molar-refractivity contribution in [1.82, 2.24) is 4.98 Å². The SMILES string of the molecule is CC(O)CC(C)(C)Cc1ccnc(N)c1. The van der Waals surface area contributed by atoms with Crippen LogP contribution >= 0.6 is 0 Å². The van der Waals surface area contributed by atoms with E-state index >= 15 is 0 Å². The zero-order valence-corrected chi connectivity index (χ0v) is 9.70. The quantitative estimate of drug-likeness (QED) is 0.795. The van der Waals surface area contributed by atoms with Gasteiger partial charge in [-0.1, -0.05) is 13.8 Å². The number of hydrogen-bond acceptors (Lipinski definition) is 3. The van der Waals surface area contributed by atoms with Crippen LogP contribution in [0.25, 0.3) is 0 Å². The molecule has 0 aliphatic rings. The molecule has 0 aliphatic heterocycles. The molecule has 0 saturated heterocycles. The fourth-order valence-corrected chi connectivity index (χ4v) is 2.03. The summed E-state index contributed by atoms with van der Waals surface area (Å²) in [5, 5.41) is 9.38. The van der Waals surface area contributed by atoms with Crippen molar-refractivity contribution in [3.8, 4) is 0 Å². The summed E-state index contributed by atoms with van der Waals surface area (Å²) < 4.78 is 0. The van der Waals surface area contributed by atoms with E-state index in [1.165, 1.54) is 5.56 Å². The highest BCUT2D eigenvalue weighted by molar-refractivity contribution is 5.32. The van der Waals surface area contributed by atoms with E-state index in [-0.39, 0.29) is 11.5 Å². The summed E-state index contributed by atoms with van der Waals surface area (Å²) in [6.45, 7) is 6.12. The van der Waals surface area contributed by atoms with Gasteiger partial charge in [-0.3, -0.25) is 0 Å². The Hall–Kier alpha value is -1.09. The molecule has 84 valence electrons. The predicted molar refractivity (Wildman–Crippen MR) is 62.4 cm³/mol. The number of aliphatic hydroxyl groups is 1. The van der Waals surface area contributed by atoms with Crippen LogP contribution in [-0.4, -0.2) is 16.2 Å². The summed E-state index contributed by atoms with van der Waals surface area (Å²) in [5.41, 5.74) is 6.88. The Labute approximate surface area is 91.3 Å². The normalized spacial score (nSPS) is 13.9. The maximum Gasteiger partial charge on any atom is 0.123 e. The largest absolute Gasteiger partial charge is 0.393 e. The first-order chi connectivity index (χ1) is 6.89. The molecule has 1 aromatic rings. The van der Waals surface area contributed by atoms with Gasteiger partial charge in [-0.15, -0.1) is 0 Å². The van der Waals surface area contributed by atoms with Crippen LogP contribution in [0.15, 0.2) is 18.3 Å². The number of aromatic nitrogens is 1. The van der Waals surface area contributed by atoms with Gasteiger partial charge in [-0.2, -0.15) is 0 Å². The molecule has 1 heterocycles. The number of rotatable bonds is 4. The number of nitrogens with two attached hydrogens (primary N) is 1. The summed E-state index contributed by atoms with van der Waals surface area (Å²) in [6.07, 6.45) is 3.15. The molecule has 0 aliphatic carbocycles. The highest BCUT2D eigenvalue weighted by atomic mass is 16.3. The number of nitrogens with zero attached hydrogens (tertiary/aromatic N) is 1. The molecule has 3 N–H and O–H groups in total. The number of nitrogen functional groups attached to an aromatic ring is 1. The van der Waals surface area contributed by atoms with Crippen molar-refractivity contribution in [2.75, 3.05) is 5.73 Å². The van der Waals surface area contributed by atoms with E-state index in [2.05, 4.69) is 18.8 Å². The summed E-state index contributed by atoms with van der Waals surface area (Å²) in [7, 11) is 0. The highest BCUT2D eigenvalue weighted by Crippen LogP contribution is 2.27. The van der Waals surface area contributed by atoms with Gasteiger partial charge < -0.3 is 10.8 Å². The molecular formula is C12H20N2O. The first-order valence-electron chi connectivity index (χ1n) is 5.27. The van der Waals surface area contributed by atoms with Crippen molar-refractivity contribution in [2.45, 2.75) is 39.7 Å². The van der Waals surface area contributed by atoms with E-state index in [1.807, 2.05) is 19.1 Å². The third kappa shape index (κ3) is 4.30. The van der Waals surface area contributed by atoms with Gasteiger partial charge in [0.2, 0.25) is 0 Å². The zero-order valence-electron chi connectivity index (χ0n) is 9.70. The standard InChI is InChI=1S/C12H20N2O/c1-9(15)7-12(2,3)8-10-4-5-14-11(13)6-10/h4-6,9,15H,7-8H2,1-3H3,(H2,13,14). The molecule has 3 nitrogen and oxygen atoms in total. The average molecular weight is 208 g/mol. The van der Waals surface area contributed by atoms with E-state index in [9.17, 15) is 5.11 Å². The smallest absolute Gasteiger partial charge is 0.123 e. The molecule has 0 saturated carbocycles. The molecule has 15 heavy (non-hydrogen) atoms. The first kappa shape index (κ1) is 12.0. The molecular weight excluding hydrogens is 188 g/mol. The van der Waals surface area contributed by atoms with Crippen LogP contribution in [0.5, 0.6) is 0 Å². The Morgan fingerprint density at radius 3 is 2.73 bits per heavy atom.